The van der Waals surface area contributed by atoms with E-state index in [0.717, 1.165) is 30.8 Å². The molecule has 0 spiro atoms. The van der Waals surface area contributed by atoms with Crippen molar-refractivity contribution >= 4 is 28.8 Å². The fourth-order valence-corrected chi connectivity index (χ4v) is 4.15. The quantitative estimate of drug-likeness (QED) is 0.592. The van der Waals surface area contributed by atoms with Gasteiger partial charge in [-0.3, -0.25) is 15.0 Å². The van der Waals surface area contributed by atoms with Crippen LogP contribution in [0.1, 0.15) is 16.7 Å². The van der Waals surface area contributed by atoms with Crippen LogP contribution in [0.15, 0.2) is 48.5 Å². The van der Waals surface area contributed by atoms with Crippen LogP contribution in [0.3, 0.4) is 0 Å². The fraction of sp³-hybridized carbons (Fsp3) is 0.333. The van der Waals surface area contributed by atoms with Crippen molar-refractivity contribution in [1.82, 2.24) is 15.5 Å². The minimum absolute atomic E-state index is 0.153. The van der Waals surface area contributed by atoms with E-state index >= 15 is 0 Å². The SMILES string of the molecule is Cc1ccc(NC(=S)C2C(=O)NC(N3CCc4ccccc4C3)NC2N)cc1. The molecule has 1 saturated heterocycles. The summed E-state index contributed by atoms with van der Waals surface area (Å²) in [7, 11) is 0. The molecule has 146 valence electrons. The summed E-state index contributed by atoms with van der Waals surface area (Å²) in [5.74, 6) is -0.774. The van der Waals surface area contributed by atoms with Gasteiger partial charge in [-0.1, -0.05) is 54.2 Å². The predicted molar refractivity (Wildman–Crippen MR) is 114 cm³/mol. The third-order valence-electron chi connectivity index (χ3n) is 5.40. The molecule has 5 N–H and O–H groups in total. The molecule has 0 saturated carbocycles. The van der Waals surface area contributed by atoms with Gasteiger partial charge in [0, 0.05) is 18.8 Å². The van der Waals surface area contributed by atoms with Gasteiger partial charge in [-0.05, 0) is 36.6 Å². The Kier molecular flexibility index (Phi) is 5.41. The fourth-order valence-electron chi connectivity index (χ4n) is 3.78. The van der Waals surface area contributed by atoms with Crippen LogP contribution in [-0.4, -0.2) is 34.8 Å². The van der Waals surface area contributed by atoms with Crippen molar-refractivity contribution in [3.63, 3.8) is 0 Å². The maximum atomic E-state index is 12.8. The number of fused-ring (bicyclic) bond motifs is 1. The zero-order chi connectivity index (χ0) is 19.7. The first-order chi connectivity index (χ1) is 13.5. The first-order valence-electron chi connectivity index (χ1n) is 9.51. The van der Waals surface area contributed by atoms with Crippen LogP contribution in [0.2, 0.25) is 0 Å². The maximum absolute atomic E-state index is 12.8. The van der Waals surface area contributed by atoms with Gasteiger partial charge in [-0.2, -0.15) is 0 Å². The molecule has 2 aromatic carbocycles. The molecule has 4 rings (SSSR count). The zero-order valence-corrected chi connectivity index (χ0v) is 16.6. The second-order valence-corrected chi connectivity index (χ2v) is 7.87. The Bertz CT molecular complexity index is 885. The van der Waals surface area contributed by atoms with Crippen molar-refractivity contribution < 1.29 is 4.79 Å². The number of nitrogens with zero attached hydrogens (tertiary/aromatic N) is 1. The number of amides is 1. The topological polar surface area (TPSA) is 82.4 Å². The molecular weight excluding hydrogens is 370 g/mol. The molecule has 7 heteroatoms. The molecule has 0 aliphatic carbocycles. The third kappa shape index (κ3) is 3.93. The number of aryl methyl sites for hydroxylation is 1. The third-order valence-corrected chi connectivity index (χ3v) is 5.75. The molecule has 1 fully saturated rings. The van der Waals surface area contributed by atoms with Gasteiger partial charge in [0.2, 0.25) is 5.91 Å². The normalized spacial score (nSPS) is 24.9. The van der Waals surface area contributed by atoms with Crippen LogP contribution in [0.4, 0.5) is 5.69 Å². The van der Waals surface area contributed by atoms with Crippen molar-refractivity contribution in [1.29, 1.82) is 0 Å². The molecule has 3 atom stereocenters. The second-order valence-electron chi connectivity index (χ2n) is 7.43. The van der Waals surface area contributed by atoms with Crippen molar-refractivity contribution in [3.05, 3.63) is 65.2 Å². The molecule has 28 heavy (non-hydrogen) atoms. The smallest absolute Gasteiger partial charge is 0.235 e. The van der Waals surface area contributed by atoms with E-state index in [1.54, 1.807) is 0 Å². The number of thiocarbonyl (C=S) groups is 1. The van der Waals surface area contributed by atoms with E-state index in [-0.39, 0.29) is 12.2 Å². The maximum Gasteiger partial charge on any atom is 0.235 e. The highest BCUT2D eigenvalue weighted by Gasteiger charge is 2.39. The summed E-state index contributed by atoms with van der Waals surface area (Å²) in [5, 5.41) is 9.50. The van der Waals surface area contributed by atoms with Crippen LogP contribution in [0, 0.1) is 12.8 Å². The van der Waals surface area contributed by atoms with E-state index in [1.165, 1.54) is 11.1 Å². The number of carbonyl (C=O) groups is 1. The van der Waals surface area contributed by atoms with Crippen molar-refractivity contribution in [3.8, 4) is 0 Å². The minimum Gasteiger partial charge on any atom is -0.349 e. The van der Waals surface area contributed by atoms with Crippen LogP contribution in [-0.2, 0) is 17.8 Å². The molecule has 0 radical (unpaired) electrons. The summed E-state index contributed by atoms with van der Waals surface area (Å²) in [4.78, 5) is 15.4. The van der Waals surface area contributed by atoms with Gasteiger partial charge in [-0.15, -0.1) is 0 Å². The highest BCUT2D eigenvalue weighted by Crippen LogP contribution is 2.21. The molecule has 6 nitrogen and oxygen atoms in total. The van der Waals surface area contributed by atoms with E-state index in [2.05, 4.69) is 39.0 Å². The average molecular weight is 396 g/mol. The number of hydrogen-bond acceptors (Lipinski definition) is 5. The Morgan fingerprint density at radius 2 is 1.89 bits per heavy atom. The molecule has 3 unspecified atom stereocenters. The molecule has 2 aliphatic heterocycles. The zero-order valence-electron chi connectivity index (χ0n) is 15.8. The van der Waals surface area contributed by atoms with E-state index < -0.39 is 12.1 Å². The van der Waals surface area contributed by atoms with Gasteiger partial charge in [0.25, 0.3) is 0 Å². The highest BCUT2D eigenvalue weighted by atomic mass is 32.1. The molecule has 0 aromatic heterocycles. The number of benzene rings is 2. The van der Waals surface area contributed by atoms with E-state index in [0.29, 0.717) is 4.99 Å². The lowest BCUT2D eigenvalue weighted by molar-refractivity contribution is -0.129. The Labute approximate surface area is 170 Å². The Balaban J connectivity index is 1.41. The number of anilines is 1. The lowest BCUT2D eigenvalue weighted by Crippen LogP contribution is -2.71. The van der Waals surface area contributed by atoms with E-state index in [9.17, 15) is 4.79 Å². The number of nitrogens with one attached hydrogen (secondary N) is 3. The summed E-state index contributed by atoms with van der Waals surface area (Å²) in [6.45, 7) is 3.66. The first-order valence-corrected chi connectivity index (χ1v) is 9.92. The standard InChI is InChI=1S/C21H25N5OS/c1-13-6-8-16(9-7-13)23-20(28)17-18(22)24-21(25-19(17)27)26-11-10-14-4-2-3-5-15(14)12-26/h2-9,17-18,21,24H,10-12,22H2,1H3,(H,23,28)(H,25,27). The Morgan fingerprint density at radius 1 is 1.18 bits per heavy atom. The average Bonchev–Trinajstić information content (AvgIpc) is 2.69. The van der Waals surface area contributed by atoms with Crippen molar-refractivity contribution in [2.24, 2.45) is 11.7 Å². The second kappa shape index (κ2) is 7.97. The lowest BCUT2D eigenvalue weighted by Gasteiger charge is -2.42. The lowest BCUT2D eigenvalue weighted by atomic mass is 9.99. The molecule has 0 bridgehead atoms. The highest BCUT2D eigenvalue weighted by molar-refractivity contribution is 7.80. The predicted octanol–water partition coefficient (Wildman–Crippen LogP) is 1.70. The minimum atomic E-state index is -0.621. The van der Waals surface area contributed by atoms with Gasteiger partial charge in [-0.25, -0.2) is 0 Å². The largest absolute Gasteiger partial charge is 0.349 e. The molecule has 2 aromatic rings. The number of nitrogens with two attached hydrogens (primary N) is 1. The molecule has 1 amide bonds. The van der Waals surface area contributed by atoms with Crippen LogP contribution in [0.5, 0.6) is 0 Å². The first kappa shape index (κ1) is 19.0. The summed E-state index contributed by atoms with van der Waals surface area (Å²) >= 11 is 5.48. The summed E-state index contributed by atoms with van der Waals surface area (Å²) in [5.41, 5.74) is 11.0. The summed E-state index contributed by atoms with van der Waals surface area (Å²) in [6.07, 6.45) is 0.103. The summed E-state index contributed by atoms with van der Waals surface area (Å²) in [6, 6.07) is 16.3. The van der Waals surface area contributed by atoms with Gasteiger partial charge in [0.1, 0.15) is 12.2 Å². The van der Waals surface area contributed by atoms with Crippen LogP contribution < -0.4 is 21.7 Å². The van der Waals surface area contributed by atoms with Gasteiger partial charge in [0.05, 0.1) is 11.2 Å². The molecular formula is C21H25N5OS. The van der Waals surface area contributed by atoms with E-state index in [1.807, 2.05) is 37.3 Å². The number of rotatable bonds is 3. The molecule has 2 aliphatic rings. The van der Waals surface area contributed by atoms with E-state index in [4.69, 9.17) is 18.0 Å². The Morgan fingerprint density at radius 3 is 2.61 bits per heavy atom. The van der Waals surface area contributed by atoms with Gasteiger partial charge in [0.15, 0.2) is 0 Å². The van der Waals surface area contributed by atoms with Crippen LogP contribution in [0.25, 0.3) is 0 Å². The Hall–Kier alpha value is -2.32. The number of carbonyl (C=O) groups excluding carboxylic acids is 1. The van der Waals surface area contributed by atoms with Gasteiger partial charge >= 0.3 is 0 Å². The van der Waals surface area contributed by atoms with Crippen molar-refractivity contribution in [2.45, 2.75) is 32.3 Å². The monoisotopic (exact) mass is 395 g/mol. The van der Waals surface area contributed by atoms with Crippen LogP contribution >= 0.6 is 12.2 Å². The molecule has 2 heterocycles. The van der Waals surface area contributed by atoms with Gasteiger partial charge < -0.3 is 16.4 Å². The van der Waals surface area contributed by atoms with Crippen molar-refractivity contribution in [2.75, 3.05) is 11.9 Å². The number of hydrogen-bond donors (Lipinski definition) is 4. The summed E-state index contributed by atoms with van der Waals surface area (Å²) < 4.78 is 0.